The lowest BCUT2D eigenvalue weighted by Gasteiger charge is -2.16. The minimum atomic E-state index is -0.649. The van der Waals surface area contributed by atoms with E-state index >= 15 is 0 Å². The van der Waals surface area contributed by atoms with Gasteiger partial charge < -0.3 is 5.21 Å². The van der Waals surface area contributed by atoms with Gasteiger partial charge in [-0.25, -0.2) is 0 Å². The molecule has 1 aliphatic carbocycles. The number of fused-ring (bicyclic) bond motifs is 1. The summed E-state index contributed by atoms with van der Waals surface area (Å²) in [5.41, 5.74) is 5.79. The van der Waals surface area contributed by atoms with Crippen molar-refractivity contribution in [2.45, 2.75) is 26.2 Å². The zero-order valence-electron chi connectivity index (χ0n) is 12.7. The topological polar surface area (TPSA) is 85.1 Å². The zero-order chi connectivity index (χ0) is 16.4. The third-order valence-electron chi connectivity index (χ3n) is 3.90. The van der Waals surface area contributed by atoms with Gasteiger partial charge in [0.1, 0.15) is 0 Å². The minimum absolute atomic E-state index is 0.0768. The van der Waals surface area contributed by atoms with Gasteiger partial charge in [0.25, 0.3) is 11.6 Å². The number of nitrogens with one attached hydrogen (secondary N) is 2. The molecule has 1 atom stereocenters. The van der Waals surface area contributed by atoms with E-state index in [0.29, 0.717) is 15.5 Å². The van der Waals surface area contributed by atoms with Crippen molar-refractivity contribution in [3.63, 3.8) is 0 Å². The average molecular weight is 331 g/mol. The van der Waals surface area contributed by atoms with Gasteiger partial charge in [0.05, 0.1) is 4.88 Å². The highest BCUT2D eigenvalue weighted by atomic mass is 32.1. The molecular weight excluding hydrogens is 314 g/mol. The van der Waals surface area contributed by atoms with E-state index in [2.05, 4.69) is 17.8 Å². The van der Waals surface area contributed by atoms with Crippen molar-refractivity contribution in [1.82, 2.24) is 10.9 Å². The molecule has 2 heterocycles. The molecule has 2 aromatic heterocycles. The number of pyridine rings is 1. The molecular formula is C16H17N3O3S. The summed E-state index contributed by atoms with van der Waals surface area (Å²) in [6.07, 6.45) is 4.36. The molecule has 0 fully saturated rings. The molecule has 0 saturated carbocycles. The molecule has 3 rings (SSSR count). The normalized spacial score (nSPS) is 16.5. The summed E-state index contributed by atoms with van der Waals surface area (Å²) >= 11 is 1.47. The van der Waals surface area contributed by atoms with E-state index in [9.17, 15) is 14.8 Å². The summed E-state index contributed by atoms with van der Waals surface area (Å²) in [5, 5.41) is 11.5. The molecule has 0 radical (unpaired) electrons. The summed E-state index contributed by atoms with van der Waals surface area (Å²) in [6, 6.07) is 6.40. The summed E-state index contributed by atoms with van der Waals surface area (Å²) < 4.78 is 0.451. The fourth-order valence-electron chi connectivity index (χ4n) is 2.66. The van der Waals surface area contributed by atoms with E-state index in [-0.39, 0.29) is 11.6 Å². The molecule has 2 amide bonds. The number of aromatic nitrogens is 1. The van der Waals surface area contributed by atoms with Gasteiger partial charge >= 0.3 is 5.91 Å². The SMILES string of the molecule is CC1CCc2sc(C(=O)NNC(=O)c3cccc[n+]3[O-])cc2C1. The first kappa shape index (κ1) is 15.5. The molecule has 2 aromatic rings. The maximum Gasteiger partial charge on any atom is 0.335 e. The van der Waals surface area contributed by atoms with Crippen LogP contribution in [0, 0.1) is 11.1 Å². The van der Waals surface area contributed by atoms with Crippen LogP contribution in [0.5, 0.6) is 0 Å². The van der Waals surface area contributed by atoms with Crippen molar-refractivity contribution in [2.24, 2.45) is 5.92 Å². The van der Waals surface area contributed by atoms with Crippen molar-refractivity contribution in [3.8, 4) is 0 Å². The zero-order valence-corrected chi connectivity index (χ0v) is 13.5. The highest BCUT2D eigenvalue weighted by Crippen LogP contribution is 2.32. The number of carbonyl (C=O) groups is 2. The quantitative estimate of drug-likeness (QED) is 0.498. The van der Waals surface area contributed by atoms with E-state index in [1.165, 1.54) is 40.1 Å². The average Bonchev–Trinajstić information content (AvgIpc) is 2.95. The number of aryl methyl sites for hydroxylation is 1. The van der Waals surface area contributed by atoms with E-state index in [1.807, 2.05) is 6.07 Å². The van der Waals surface area contributed by atoms with Gasteiger partial charge in [-0.3, -0.25) is 20.4 Å². The third-order valence-corrected chi connectivity index (χ3v) is 5.14. The van der Waals surface area contributed by atoms with Gasteiger partial charge in [-0.05, 0) is 42.9 Å². The predicted octanol–water partition coefficient (Wildman–Crippen LogP) is 1.58. The maximum absolute atomic E-state index is 12.2. The van der Waals surface area contributed by atoms with E-state index < -0.39 is 5.91 Å². The van der Waals surface area contributed by atoms with Gasteiger partial charge in [-0.1, -0.05) is 6.92 Å². The second kappa shape index (κ2) is 6.37. The first-order chi connectivity index (χ1) is 11.0. The monoisotopic (exact) mass is 331 g/mol. The second-order valence-corrected chi connectivity index (χ2v) is 6.86. The Balaban J connectivity index is 1.64. The Morgan fingerprint density at radius 3 is 2.87 bits per heavy atom. The summed E-state index contributed by atoms with van der Waals surface area (Å²) in [4.78, 5) is 25.9. The number of carbonyl (C=O) groups excluding carboxylic acids is 2. The van der Waals surface area contributed by atoms with E-state index in [0.717, 1.165) is 19.3 Å². The van der Waals surface area contributed by atoms with Crippen molar-refractivity contribution in [3.05, 3.63) is 56.7 Å². The van der Waals surface area contributed by atoms with E-state index in [1.54, 1.807) is 6.07 Å². The van der Waals surface area contributed by atoms with Gasteiger partial charge in [0.15, 0.2) is 6.20 Å². The van der Waals surface area contributed by atoms with Crippen LogP contribution >= 0.6 is 11.3 Å². The number of hydrazine groups is 1. The van der Waals surface area contributed by atoms with Crippen LogP contribution in [-0.4, -0.2) is 11.8 Å². The first-order valence-electron chi connectivity index (χ1n) is 7.45. The van der Waals surface area contributed by atoms with Gasteiger partial charge in [-0.2, -0.15) is 4.73 Å². The Morgan fingerprint density at radius 2 is 2.09 bits per heavy atom. The Hall–Kier alpha value is -2.41. The Morgan fingerprint density at radius 1 is 1.30 bits per heavy atom. The highest BCUT2D eigenvalue weighted by molar-refractivity contribution is 7.14. The van der Waals surface area contributed by atoms with Crippen LogP contribution in [0.1, 0.15) is 43.9 Å². The first-order valence-corrected chi connectivity index (χ1v) is 8.26. The third kappa shape index (κ3) is 3.34. The number of nitrogens with zero attached hydrogens (tertiary/aromatic N) is 1. The van der Waals surface area contributed by atoms with Crippen LogP contribution < -0.4 is 15.6 Å². The standard InChI is InChI=1S/C16H17N3O3S/c1-10-5-6-13-11(8-10)9-14(23-13)16(21)18-17-15(20)12-4-2-3-7-19(12)22/h2-4,7,9-10H,5-6,8H2,1H3,(H,17,20)(H,18,21). The molecule has 2 N–H and O–H groups in total. The molecule has 1 aliphatic rings. The second-order valence-electron chi connectivity index (χ2n) is 5.73. The Kier molecular flexibility index (Phi) is 4.29. The Bertz CT molecular complexity index is 757. The largest absolute Gasteiger partial charge is 0.618 e. The van der Waals surface area contributed by atoms with Gasteiger partial charge in [0, 0.05) is 17.0 Å². The van der Waals surface area contributed by atoms with Crippen molar-refractivity contribution in [2.75, 3.05) is 0 Å². The number of hydrogen-bond acceptors (Lipinski definition) is 4. The van der Waals surface area contributed by atoms with Crippen LogP contribution in [0.2, 0.25) is 0 Å². The van der Waals surface area contributed by atoms with Crippen molar-refractivity contribution in [1.29, 1.82) is 0 Å². The van der Waals surface area contributed by atoms with Gasteiger partial charge in [-0.15, -0.1) is 11.3 Å². The lowest BCUT2D eigenvalue weighted by Crippen LogP contribution is -2.46. The summed E-state index contributed by atoms with van der Waals surface area (Å²) in [7, 11) is 0. The lowest BCUT2D eigenvalue weighted by molar-refractivity contribution is -0.607. The van der Waals surface area contributed by atoms with E-state index in [4.69, 9.17) is 0 Å². The summed E-state index contributed by atoms with van der Waals surface area (Å²) in [6.45, 7) is 2.21. The van der Waals surface area contributed by atoms with Crippen LogP contribution in [0.4, 0.5) is 0 Å². The molecule has 23 heavy (non-hydrogen) atoms. The summed E-state index contributed by atoms with van der Waals surface area (Å²) in [5.74, 6) is -0.374. The molecule has 1 unspecified atom stereocenters. The van der Waals surface area contributed by atoms with Crippen LogP contribution in [0.3, 0.4) is 0 Å². The molecule has 6 nitrogen and oxygen atoms in total. The molecule has 0 aliphatic heterocycles. The minimum Gasteiger partial charge on any atom is -0.618 e. The molecule has 0 saturated heterocycles. The number of rotatable bonds is 2. The molecule has 0 aromatic carbocycles. The predicted molar refractivity (Wildman–Crippen MR) is 85.8 cm³/mol. The van der Waals surface area contributed by atoms with Gasteiger partial charge in [0.2, 0.25) is 0 Å². The van der Waals surface area contributed by atoms with Crippen molar-refractivity contribution < 1.29 is 14.3 Å². The fraction of sp³-hybridized carbons (Fsp3) is 0.312. The van der Waals surface area contributed by atoms with Crippen LogP contribution in [-0.2, 0) is 12.8 Å². The Labute approximate surface area is 137 Å². The molecule has 0 bridgehead atoms. The number of amides is 2. The van der Waals surface area contributed by atoms with Crippen molar-refractivity contribution >= 4 is 23.2 Å². The smallest absolute Gasteiger partial charge is 0.335 e. The van der Waals surface area contributed by atoms with Crippen LogP contribution in [0.25, 0.3) is 0 Å². The molecule has 0 spiro atoms. The van der Waals surface area contributed by atoms with Crippen LogP contribution in [0.15, 0.2) is 30.5 Å². The maximum atomic E-state index is 12.2. The highest BCUT2D eigenvalue weighted by Gasteiger charge is 2.21. The fourth-order valence-corrected chi connectivity index (χ4v) is 3.76. The number of hydrogen-bond donors (Lipinski definition) is 2. The lowest BCUT2D eigenvalue weighted by atomic mass is 9.90. The number of thiophene rings is 1. The molecule has 7 heteroatoms. The molecule has 120 valence electrons.